The average molecular weight is 209 g/mol. The molecule has 1 saturated heterocycles. The van der Waals surface area contributed by atoms with E-state index >= 15 is 0 Å². The molecule has 0 aromatic carbocycles. The fourth-order valence-electron chi connectivity index (χ4n) is 1.29. The Labute approximate surface area is 87.0 Å². The van der Waals surface area contributed by atoms with E-state index in [1.165, 1.54) is 13.0 Å². The predicted octanol–water partition coefficient (Wildman–Crippen LogP) is 0.0181. The highest BCUT2D eigenvalue weighted by Crippen LogP contribution is 2.15. The zero-order valence-electron chi connectivity index (χ0n) is 8.36. The van der Waals surface area contributed by atoms with Gasteiger partial charge in [-0.1, -0.05) is 6.58 Å². The molecule has 2 amide bonds. The summed E-state index contributed by atoms with van der Waals surface area (Å²) >= 11 is 0. The Balaban J connectivity index is 2.69. The first-order chi connectivity index (χ1) is 7.06. The third kappa shape index (κ3) is 2.54. The molecule has 0 bridgehead atoms. The van der Waals surface area contributed by atoms with Gasteiger partial charge in [0, 0.05) is 6.92 Å². The molecule has 0 unspecified atom stereocenters. The number of carbonyl (C=O) groups is 3. The number of nitrogens with zero attached hydrogens (tertiary/aromatic N) is 1. The molecule has 15 heavy (non-hydrogen) atoms. The molecule has 5 nitrogen and oxygen atoms in total. The number of esters is 1. The molecule has 1 atom stereocenters. The van der Waals surface area contributed by atoms with Crippen LogP contribution in [0.2, 0.25) is 0 Å². The maximum Gasteiger partial charge on any atom is 0.303 e. The SMILES string of the molecule is C=C=CCN1C(=O)C[C@H](OC(C)=O)C1=O. The summed E-state index contributed by atoms with van der Waals surface area (Å²) in [4.78, 5) is 34.5. The first-order valence-corrected chi connectivity index (χ1v) is 4.42. The summed E-state index contributed by atoms with van der Waals surface area (Å²) < 4.78 is 4.70. The summed E-state index contributed by atoms with van der Waals surface area (Å²) in [6, 6.07) is 0. The predicted molar refractivity (Wildman–Crippen MR) is 50.6 cm³/mol. The standard InChI is InChI=1S/C10H11NO4/c1-3-4-5-11-9(13)6-8(10(11)14)15-7(2)12/h4,8H,1,5-6H2,2H3/t8-/m0/s1. The Bertz CT molecular complexity index is 354. The molecular weight excluding hydrogens is 198 g/mol. The van der Waals surface area contributed by atoms with Crippen LogP contribution in [0.4, 0.5) is 0 Å². The Morgan fingerprint density at radius 2 is 2.40 bits per heavy atom. The average Bonchev–Trinajstić information content (AvgIpc) is 2.39. The lowest BCUT2D eigenvalue weighted by atomic mass is 10.3. The van der Waals surface area contributed by atoms with Crippen LogP contribution in [0.3, 0.4) is 0 Å². The number of likely N-dealkylation sites (tertiary alicyclic amines) is 1. The van der Waals surface area contributed by atoms with E-state index in [4.69, 9.17) is 4.74 Å². The molecule has 1 heterocycles. The monoisotopic (exact) mass is 209 g/mol. The van der Waals surface area contributed by atoms with Gasteiger partial charge in [-0.2, -0.15) is 0 Å². The van der Waals surface area contributed by atoms with Gasteiger partial charge in [-0.15, -0.1) is 5.73 Å². The van der Waals surface area contributed by atoms with Gasteiger partial charge in [0.05, 0.1) is 13.0 Å². The Morgan fingerprint density at radius 3 is 2.93 bits per heavy atom. The number of ether oxygens (including phenoxy) is 1. The van der Waals surface area contributed by atoms with Crippen molar-refractivity contribution in [1.82, 2.24) is 4.90 Å². The highest BCUT2D eigenvalue weighted by Gasteiger charge is 2.39. The minimum Gasteiger partial charge on any atom is -0.452 e. The highest BCUT2D eigenvalue weighted by atomic mass is 16.5. The molecule has 0 aliphatic carbocycles. The minimum absolute atomic E-state index is 0.0800. The summed E-state index contributed by atoms with van der Waals surface area (Å²) in [5.74, 6) is -1.40. The molecule has 0 saturated carbocycles. The largest absolute Gasteiger partial charge is 0.452 e. The quantitative estimate of drug-likeness (QED) is 0.373. The molecule has 1 fully saturated rings. The first kappa shape index (κ1) is 11.2. The van der Waals surface area contributed by atoms with Crippen LogP contribution in [0.25, 0.3) is 0 Å². The van der Waals surface area contributed by atoms with E-state index in [0.717, 1.165) is 4.90 Å². The van der Waals surface area contributed by atoms with Crippen LogP contribution in [0.5, 0.6) is 0 Å². The zero-order chi connectivity index (χ0) is 11.4. The highest BCUT2D eigenvalue weighted by molar-refractivity contribution is 6.05. The van der Waals surface area contributed by atoms with Crippen molar-refractivity contribution in [2.75, 3.05) is 6.54 Å². The third-order valence-corrected chi connectivity index (χ3v) is 1.93. The van der Waals surface area contributed by atoms with Crippen LogP contribution < -0.4 is 0 Å². The smallest absolute Gasteiger partial charge is 0.303 e. The maximum absolute atomic E-state index is 11.5. The molecule has 0 N–H and O–H groups in total. The van der Waals surface area contributed by atoms with Crippen LogP contribution >= 0.6 is 0 Å². The number of amides is 2. The second kappa shape index (κ2) is 4.57. The van der Waals surface area contributed by atoms with E-state index in [2.05, 4.69) is 12.3 Å². The Kier molecular flexibility index (Phi) is 3.42. The third-order valence-electron chi connectivity index (χ3n) is 1.93. The van der Waals surface area contributed by atoms with E-state index in [0.29, 0.717) is 0 Å². The van der Waals surface area contributed by atoms with Crippen LogP contribution in [0.15, 0.2) is 18.4 Å². The molecule has 1 aliphatic rings. The Hall–Kier alpha value is -1.87. The molecule has 0 aromatic rings. The van der Waals surface area contributed by atoms with Crippen molar-refractivity contribution >= 4 is 17.8 Å². The van der Waals surface area contributed by atoms with Gasteiger partial charge in [-0.05, 0) is 6.08 Å². The molecular formula is C10H11NO4. The first-order valence-electron chi connectivity index (χ1n) is 4.42. The van der Waals surface area contributed by atoms with E-state index in [1.807, 2.05) is 0 Å². The number of rotatable bonds is 3. The van der Waals surface area contributed by atoms with Crippen molar-refractivity contribution in [2.45, 2.75) is 19.4 Å². The lowest BCUT2D eigenvalue weighted by Crippen LogP contribution is -2.33. The van der Waals surface area contributed by atoms with Crippen molar-refractivity contribution in [3.05, 3.63) is 18.4 Å². The molecule has 1 rings (SSSR count). The van der Waals surface area contributed by atoms with Gasteiger partial charge in [0.25, 0.3) is 5.91 Å². The number of hydrogen-bond donors (Lipinski definition) is 0. The second-order valence-corrected chi connectivity index (χ2v) is 3.05. The van der Waals surface area contributed by atoms with Gasteiger partial charge < -0.3 is 4.74 Å². The van der Waals surface area contributed by atoms with Crippen molar-refractivity contribution in [3.8, 4) is 0 Å². The van der Waals surface area contributed by atoms with Crippen molar-refractivity contribution in [3.63, 3.8) is 0 Å². The van der Waals surface area contributed by atoms with Crippen molar-refractivity contribution in [1.29, 1.82) is 0 Å². The number of hydrogen-bond acceptors (Lipinski definition) is 4. The normalized spacial score (nSPS) is 20.1. The molecule has 1 aliphatic heterocycles. The topological polar surface area (TPSA) is 63.7 Å². The summed E-state index contributed by atoms with van der Waals surface area (Å²) in [5.41, 5.74) is 2.46. The van der Waals surface area contributed by atoms with Crippen molar-refractivity contribution < 1.29 is 19.1 Å². The summed E-state index contributed by atoms with van der Waals surface area (Å²) in [5, 5.41) is 0. The van der Waals surface area contributed by atoms with Crippen LogP contribution in [-0.4, -0.2) is 35.3 Å². The zero-order valence-corrected chi connectivity index (χ0v) is 8.36. The van der Waals surface area contributed by atoms with Crippen LogP contribution in [0, 0.1) is 0 Å². The van der Waals surface area contributed by atoms with Gasteiger partial charge in [-0.25, -0.2) is 0 Å². The van der Waals surface area contributed by atoms with Crippen molar-refractivity contribution in [2.24, 2.45) is 0 Å². The van der Waals surface area contributed by atoms with Gasteiger partial charge in [-0.3, -0.25) is 19.3 Å². The summed E-state index contributed by atoms with van der Waals surface area (Å²) in [6.45, 7) is 4.65. The summed E-state index contributed by atoms with van der Waals surface area (Å²) in [7, 11) is 0. The molecule has 5 heteroatoms. The van der Waals surface area contributed by atoms with Gasteiger partial charge >= 0.3 is 5.97 Å². The second-order valence-electron chi connectivity index (χ2n) is 3.05. The van der Waals surface area contributed by atoms with Crippen LogP contribution in [-0.2, 0) is 19.1 Å². The molecule has 0 spiro atoms. The molecule has 0 aromatic heterocycles. The Morgan fingerprint density at radius 1 is 1.73 bits per heavy atom. The lowest BCUT2D eigenvalue weighted by molar-refractivity contribution is -0.154. The van der Waals surface area contributed by atoms with Gasteiger partial charge in [0.2, 0.25) is 5.91 Å². The van der Waals surface area contributed by atoms with Gasteiger partial charge in [0.1, 0.15) is 0 Å². The molecule has 80 valence electrons. The van der Waals surface area contributed by atoms with Gasteiger partial charge in [0.15, 0.2) is 6.10 Å². The lowest BCUT2D eigenvalue weighted by Gasteiger charge is -2.11. The fourth-order valence-corrected chi connectivity index (χ4v) is 1.29. The number of carbonyl (C=O) groups excluding carboxylic acids is 3. The van der Waals surface area contributed by atoms with E-state index in [-0.39, 0.29) is 18.9 Å². The number of imide groups is 1. The van der Waals surface area contributed by atoms with E-state index in [1.54, 1.807) is 0 Å². The molecule has 0 radical (unpaired) electrons. The van der Waals surface area contributed by atoms with E-state index < -0.39 is 18.0 Å². The van der Waals surface area contributed by atoms with Crippen LogP contribution in [0.1, 0.15) is 13.3 Å². The fraction of sp³-hybridized carbons (Fsp3) is 0.400. The maximum atomic E-state index is 11.5. The minimum atomic E-state index is -0.965. The van der Waals surface area contributed by atoms with E-state index in [9.17, 15) is 14.4 Å². The summed E-state index contributed by atoms with van der Waals surface area (Å²) in [6.07, 6.45) is 0.420.